The van der Waals surface area contributed by atoms with E-state index in [-0.39, 0.29) is 5.82 Å². The number of nitrogens with zero attached hydrogens (tertiary/aromatic N) is 2. The number of anilines is 1. The van der Waals surface area contributed by atoms with Crippen LogP contribution in [-0.4, -0.2) is 16.5 Å². The van der Waals surface area contributed by atoms with Crippen LogP contribution in [0.4, 0.5) is 10.2 Å². The minimum atomic E-state index is -0.290. The lowest BCUT2D eigenvalue weighted by molar-refractivity contribution is 0.621. The SMILES string of the molecule is CCCNc1nc(-c2ccc(F)c(Br)c2)nc(C)c1C. The fourth-order valence-electron chi connectivity index (χ4n) is 1.81. The molecule has 0 aliphatic rings. The van der Waals surface area contributed by atoms with Crippen molar-refractivity contribution in [2.45, 2.75) is 27.2 Å². The first-order chi connectivity index (χ1) is 9.52. The van der Waals surface area contributed by atoms with E-state index in [1.165, 1.54) is 6.07 Å². The summed E-state index contributed by atoms with van der Waals surface area (Å²) in [6.07, 6.45) is 1.03. The zero-order valence-electron chi connectivity index (χ0n) is 11.8. The molecule has 1 N–H and O–H groups in total. The molecule has 0 atom stereocenters. The van der Waals surface area contributed by atoms with E-state index < -0.39 is 0 Å². The quantitative estimate of drug-likeness (QED) is 0.893. The summed E-state index contributed by atoms with van der Waals surface area (Å²) < 4.78 is 13.7. The number of benzene rings is 1. The van der Waals surface area contributed by atoms with Crippen molar-refractivity contribution >= 4 is 21.7 Å². The van der Waals surface area contributed by atoms with Gasteiger partial charge >= 0.3 is 0 Å². The average Bonchev–Trinajstić information content (AvgIpc) is 2.43. The molecular weight excluding hydrogens is 321 g/mol. The summed E-state index contributed by atoms with van der Waals surface area (Å²) in [7, 11) is 0. The lowest BCUT2D eigenvalue weighted by Crippen LogP contribution is -2.07. The van der Waals surface area contributed by atoms with Crippen molar-refractivity contribution < 1.29 is 4.39 Å². The van der Waals surface area contributed by atoms with Gasteiger partial charge in [-0.2, -0.15) is 0 Å². The Morgan fingerprint density at radius 1 is 1.25 bits per heavy atom. The summed E-state index contributed by atoms with van der Waals surface area (Å²) in [4.78, 5) is 9.03. The number of halogens is 2. The molecule has 2 aromatic rings. The molecule has 1 aromatic heterocycles. The van der Waals surface area contributed by atoms with E-state index in [1.807, 2.05) is 13.8 Å². The molecule has 3 nitrogen and oxygen atoms in total. The van der Waals surface area contributed by atoms with Gasteiger partial charge in [0.1, 0.15) is 11.6 Å². The molecule has 106 valence electrons. The first-order valence-electron chi connectivity index (χ1n) is 6.57. The van der Waals surface area contributed by atoms with Gasteiger partial charge in [-0.1, -0.05) is 6.92 Å². The van der Waals surface area contributed by atoms with E-state index in [2.05, 4.69) is 38.1 Å². The van der Waals surface area contributed by atoms with Gasteiger partial charge in [0.15, 0.2) is 5.82 Å². The first kappa shape index (κ1) is 14.9. The number of hydrogen-bond donors (Lipinski definition) is 1. The lowest BCUT2D eigenvalue weighted by Gasteiger charge is -2.12. The van der Waals surface area contributed by atoms with Gasteiger partial charge in [0.2, 0.25) is 0 Å². The Morgan fingerprint density at radius 2 is 2.00 bits per heavy atom. The Balaban J connectivity index is 2.45. The van der Waals surface area contributed by atoms with Crippen molar-refractivity contribution in [1.29, 1.82) is 0 Å². The molecule has 0 aliphatic carbocycles. The Hall–Kier alpha value is -1.49. The van der Waals surface area contributed by atoms with Crippen LogP contribution in [0.15, 0.2) is 22.7 Å². The zero-order chi connectivity index (χ0) is 14.7. The van der Waals surface area contributed by atoms with Crippen molar-refractivity contribution in [3.05, 3.63) is 39.7 Å². The van der Waals surface area contributed by atoms with Gasteiger partial charge in [-0.05, 0) is 54.4 Å². The molecule has 0 amide bonds. The second-order valence-corrected chi connectivity index (χ2v) is 5.52. The minimum Gasteiger partial charge on any atom is -0.370 e. The fourth-order valence-corrected chi connectivity index (χ4v) is 2.19. The predicted molar refractivity (Wildman–Crippen MR) is 83.4 cm³/mol. The van der Waals surface area contributed by atoms with Gasteiger partial charge in [0.25, 0.3) is 0 Å². The molecule has 5 heteroatoms. The van der Waals surface area contributed by atoms with Crippen molar-refractivity contribution in [2.75, 3.05) is 11.9 Å². The zero-order valence-corrected chi connectivity index (χ0v) is 13.4. The number of nitrogens with one attached hydrogen (secondary N) is 1. The third kappa shape index (κ3) is 3.15. The van der Waals surface area contributed by atoms with Crippen LogP contribution < -0.4 is 5.32 Å². The third-order valence-electron chi connectivity index (χ3n) is 3.11. The van der Waals surface area contributed by atoms with Gasteiger partial charge in [0.05, 0.1) is 4.47 Å². The third-order valence-corrected chi connectivity index (χ3v) is 3.72. The smallest absolute Gasteiger partial charge is 0.161 e. The van der Waals surface area contributed by atoms with Crippen molar-refractivity contribution in [2.24, 2.45) is 0 Å². The molecule has 0 aliphatic heterocycles. The maximum absolute atomic E-state index is 13.3. The van der Waals surface area contributed by atoms with E-state index in [9.17, 15) is 4.39 Å². The van der Waals surface area contributed by atoms with Crippen molar-refractivity contribution in [3.63, 3.8) is 0 Å². The van der Waals surface area contributed by atoms with Crippen LogP contribution in [-0.2, 0) is 0 Å². The highest BCUT2D eigenvalue weighted by atomic mass is 79.9. The topological polar surface area (TPSA) is 37.8 Å². The second-order valence-electron chi connectivity index (χ2n) is 4.66. The van der Waals surface area contributed by atoms with Gasteiger partial charge in [0, 0.05) is 23.4 Å². The molecular formula is C15H17BrFN3. The summed E-state index contributed by atoms with van der Waals surface area (Å²) in [6, 6.07) is 4.80. The Kier molecular flexibility index (Phi) is 4.70. The van der Waals surface area contributed by atoms with Gasteiger partial charge in [-0.3, -0.25) is 0 Å². The van der Waals surface area contributed by atoms with E-state index in [1.54, 1.807) is 12.1 Å². The summed E-state index contributed by atoms with van der Waals surface area (Å²) in [6.45, 7) is 6.92. The maximum atomic E-state index is 13.3. The van der Waals surface area contributed by atoms with Gasteiger partial charge in [-0.15, -0.1) is 0 Å². The van der Waals surface area contributed by atoms with Crippen molar-refractivity contribution in [3.8, 4) is 11.4 Å². The summed E-state index contributed by atoms with van der Waals surface area (Å²) in [5.41, 5.74) is 2.76. The normalized spacial score (nSPS) is 10.7. The molecule has 0 radical (unpaired) electrons. The number of aromatic nitrogens is 2. The maximum Gasteiger partial charge on any atom is 0.161 e. The van der Waals surface area contributed by atoms with Crippen LogP contribution in [0.25, 0.3) is 11.4 Å². The molecule has 2 rings (SSSR count). The van der Waals surface area contributed by atoms with Crippen molar-refractivity contribution in [1.82, 2.24) is 9.97 Å². The van der Waals surface area contributed by atoms with Crippen LogP contribution in [0.2, 0.25) is 0 Å². The van der Waals surface area contributed by atoms with Crippen LogP contribution >= 0.6 is 15.9 Å². The molecule has 0 saturated heterocycles. The minimum absolute atomic E-state index is 0.290. The second kappa shape index (κ2) is 6.31. The highest BCUT2D eigenvalue weighted by Crippen LogP contribution is 2.25. The summed E-state index contributed by atoms with van der Waals surface area (Å²) in [5.74, 6) is 1.16. The molecule has 0 saturated carbocycles. The molecule has 1 aromatic carbocycles. The van der Waals surface area contributed by atoms with E-state index >= 15 is 0 Å². The average molecular weight is 338 g/mol. The van der Waals surface area contributed by atoms with Crippen LogP contribution in [0, 0.1) is 19.7 Å². The van der Waals surface area contributed by atoms with Crippen LogP contribution in [0.3, 0.4) is 0 Å². The fraction of sp³-hybridized carbons (Fsp3) is 0.333. The Bertz CT molecular complexity index is 629. The largest absolute Gasteiger partial charge is 0.370 e. The van der Waals surface area contributed by atoms with Gasteiger partial charge in [-0.25, -0.2) is 14.4 Å². The number of aryl methyl sites for hydroxylation is 1. The molecule has 0 bridgehead atoms. The molecule has 20 heavy (non-hydrogen) atoms. The first-order valence-corrected chi connectivity index (χ1v) is 7.36. The van der Waals surface area contributed by atoms with E-state index in [4.69, 9.17) is 0 Å². The van der Waals surface area contributed by atoms with Crippen LogP contribution in [0.1, 0.15) is 24.6 Å². The lowest BCUT2D eigenvalue weighted by atomic mass is 10.2. The van der Waals surface area contributed by atoms with Crippen LogP contribution in [0.5, 0.6) is 0 Å². The predicted octanol–water partition coefficient (Wildman–Crippen LogP) is 4.48. The number of rotatable bonds is 4. The van der Waals surface area contributed by atoms with Gasteiger partial charge < -0.3 is 5.32 Å². The summed E-state index contributed by atoms with van der Waals surface area (Å²) in [5, 5.41) is 3.30. The molecule has 0 fully saturated rings. The summed E-state index contributed by atoms with van der Waals surface area (Å²) >= 11 is 3.19. The Morgan fingerprint density at radius 3 is 2.65 bits per heavy atom. The standard InChI is InChI=1S/C15H17BrFN3/c1-4-7-18-14-9(2)10(3)19-15(20-14)11-5-6-13(17)12(16)8-11/h5-6,8H,4,7H2,1-3H3,(H,18,19,20). The Labute approximate surface area is 126 Å². The molecule has 1 heterocycles. The monoisotopic (exact) mass is 337 g/mol. The highest BCUT2D eigenvalue weighted by Gasteiger charge is 2.10. The number of hydrogen-bond acceptors (Lipinski definition) is 3. The highest BCUT2D eigenvalue weighted by molar-refractivity contribution is 9.10. The van der Waals surface area contributed by atoms with E-state index in [0.717, 1.165) is 35.6 Å². The molecule has 0 unspecified atom stereocenters. The van der Waals surface area contributed by atoms with E-state index in [0.29, 0.717) is 10.3 Å². The molecule has 0 spiro atoms.